The maximum Gasteiger partial charge on any atom is 0.268 e. The maximum atomic E-state index is 12.0. The van der Waals surface area contributed by atoms with Gasteiger partial charge in [-0.3, -0.25) is 4.79 Å². The Morgan fingerprint density at radius 2 is 2.06 bits per heavy atom. The third-order valence-electron chi connectivity index (χ3n) is 2.64. The molecule has 1 rings (SSSR count). The molecule has 0 fully saturated rings. The second-order valence-electron chi connectivity index (χ2n) is 4.20. The quantitative estimate of drug-likeness (QED) is 0.834. The molecule has 0 aliphatic heterocycles. The Balaban J connectivity index is 3.51. The zero-order chi connectivity index (χ0) is 12.3. The van der Waals surface area contributed by atoms with Gasteiger partial charge in [0.05, 0.1) is 0 Å². The van der Waals surface area contributed by atoms with Crippen LogP contribution in [0.1, 0.15) is 44.0 Å². The van der Waals surface area contributed by atoms with Gasteiger partial charge in [-0.05, 0) is 25.0 Å². The van der Waals surface area contributed by atoms with Crippen LogP contribution >= 0.6 is 0 Å². The molecule has 0 saturated heterocycles. The van der Waals surface area contributed by atoms with Crippen LogP contribution in [0.3, 0.4) is 0 Å². The largest absolute Gasteiger partial charge is 0.328 e. The monoisotopic (exact) mass is 219 g/mol. The predicted octanol–water partition coefficient (Wildman–Crippen LogP) is 1.36. The Morgan fingerprint density at radius 1 is 1.44 bits per heavy atom. The fraction of sp³-hybridized carbons (Fsp3) is 0.500. The number of pyridine rings is 1. The number of hydrogen-bond donors (Lipinski definition) is 1. The van der Waals surface area contributed by atoms with Gasteiger partial charge in [-0.25, -0.2) is 0 Å². The molecule has 0 aromatic carbocycles. The lowest BCUT2D eigenvalue weighted by atomic mass is 10.1. The summed E-state index contributed by atoms with van der Waals surface area (Å²) >= 11 is 0. The number of nitrogens with two attached hydrogens (primary N) is 1. The van der Waals surface area contributed by atoms with Crippen molar-refractivity contribution in [2.24, 2.45) is 5.73 Å². The van der Waals surface area contributed by atoms with Crippen molar-refractivity contribution < 1.29 is 0 Å². The predicted molar refractivity (Wildman–Crippen MR) is 63.3 cm³/mol. The Labute approximate surface area is 95.3 Å². The van der Waals surface area contributed by atoms with Crippen LogP contribution < -0.4 is 11.3 Å². The molecule has 0 aliphatic carbocycles. The van der Waals surface area contributed by atoms with E-state index in [-0.39, 0.29) is 23.1 Å². The highest BCUT2D eigenvalue weighted by atomic mass is 16.1. The Bertz CT molecular complexity index is 468. The Morgan fingerprint density at radius 3 is 2.50 bits per heavy atom. The molecule has 1 atom stereocenters. The van der Waals surface area contributed by atoms with Crippen molar-refractivity contribution in [2.75, 3.05) is 6.54 Å². The summed E-state index contributed by atoms with van der Waals surface area (Å²) in [5.41, 5.74) is 6.44. The lowest BCUT2D eigenvalue weighted by Gasteiger charge is -2.20. The molecular weight excluding hydrogens is 202 g/mol. The third kappa shape index (κ3) is 2.15. The zero-order valence-electron chi connectivity index (χ0n) is 9.90. The molecule has 16 heavy (non-hydrogen) atoms. The normalized spacial score (nSPS) is 12.5. The highest BCUT2D eigenvalue weighted by Crippen LogP contribution is 2.16. The standard InChI is InChI=1S/C12H17N3O/c1-8(2)11-5-4-10(7-14)12(16)15(11)9(3)6-13/h4-5,8-9H,6,13H2,1-3H3. The first-order valence-electron chi connectivity index (χ1n) is 5.38. The van der Waals surface area contributed by atoms with Crippen molar-refractivity contribution in [1.82, 2.24) is 4.57 Å². The van der Waals surface area contributed by atoms with Gasteiger partial charge in [0.1, 0.15) is 11.6 Å². The van der Waals surface area contributed by atoms with Crippen molar-refractivity contribution >= 4 is 0 Å². The molecule has 1 aromatic rings. The first kappa shape index (κ1) is 12.5. The summed E-state index contributed by atoms with van der Waals surface area (Å²) in [7, 11) is 0. The molecule has 1 heterocycles. The Kier molecular flexibility index (Phi) is 3.86. The fourth-order valence-corrected chi connectivity index (χ4v) is 1.68. The molecule has 0 aliphatic rings. The zero-order valence-corrected chi connectivity index (χ0v) is 9.90. The van der Waals surface area contributed by atoms with Crippen LogP contribution in [-0.2, 0) is 0 Å². The van der Waals surface area contributed by atoms with E-state index in [0.717, 1.165) is 5.69 Å². The lowest BCUT2D eigenvalue weighted by molar-refractivity contribution is 0.505. The summed E-state index contributed by atoms with van der Waals surface area (Å²) in [6.07, 6.45) is 0. The number of hydrogen-bond acceptors (Lipinski definition) is 3. The fourth-order valence-electron chi connectivity index (χ4n) is 1.68. The number of rotatable bonds is 3. The van der Waals surface area contributed by atoms with Crippen LogP contribution in [0.5, 0.6) is 0 Å². The Hall–Kier alpha value is -1.60. The maximum absolute atomic E-state index is 12.0. The van der Waals surface area contributed by atoms with E-state index in [2.05, 4.69) is 0 Å². The SMILES string of the molecule is CC(C)c1ccc(C#N)c(=O)n1C(C)CN. The van der Waals surface area contributed by atoms with Crippen molar-refractivity contribution in [2.45, 2.75) is 32.7 Å². The van der Waals surface area contributed by atoms with Crippen LogP contribution in [-0.4, -0.2) is 11.1 Å². The van der Waals surface area contributed by atoms with Crippen molar-refractivity contribution in [3.8, 4) is 6.07 Å². The van der Waals surface area contributed by atoms with Gasteiger partial charge in [-0.15, -0.1) is 0 Å². The van der Waals surface area contributed by atoms with E-state index in [1.54, 1.807) is 10.6 Å². The molecule has 4 heteroatoms. The molecular formula is C12H17N3O. The third-order valence-corrected chi connectivity index (χ3v) is 2.64. The molecule has 0 saturated carbocycles. The average molecular weight is 219 g/mol. The second kappa shape index (κ2) is 4.95. The van der Waals surface area contributed by atoms with Crippen molar-refractivity contribution in [3.05, 3.63) is 33.7 Å². The van der Waals surface area contributed by atoms with Crippen LogP contribution in [0.15, 0.2) is 16.9 Å². The first-order chi connectivity index (χ1) is 7.52. The summed E-state index contributed by atoms with van der Waals surface area (Å²) in [6.45, 7) is 6.30. The highest BCUT2D eigenvalue weighted by Gasteiger charge is 2.14. The van der Waals surface area contributed by atoms with E-state index in [1.807, 2.05) is 32.9 Å². The van der Waals surface area contributed by atoms with Gasteiger partial charge in [0, 0.05) is 18.3 Å². The van der Waals surface area contributed by atoms with Gasteiger partial charge in [-0.2, -0.15) is 5.26 Å². The topological polar surface area (TPSA) is 71.8 Å². The minimum absolute atomic E-state index is 0.0850. The van der Waals surface area contributed by atoms with Crippen LogP contribution in [0, 0.1) is 11.3 Å². The minimum Gasteiger partial charge on any atom is -0.328 e. The molecule has 0 radical (unpaired) electrons. The summed E-state index contributed by atoms with van der Waals surface area (Å²) < 4.78 is 1.63. The van der Waals surface area contributed by atoms with E-state index in [9.17, 15) is 4.79 Å². The van der Waals surface area contributed by atoms with Crippen molar-refractivity contribution in [1.29, 1.82) is 5.26 Å². The molecule has 0 bridgehead atoms. The smallest absolute Gasteiger partial charge is 0.268 e. The van der Waals surface area contributed by atoms with E-state index in [1.165, 1.54) is 0 Å². The summed E-state index contributed by atoms with van der Waals surface area (Å²) in [5.74, 6) is 0.231. The molecule has 4 nitrogen and oxygen atoms in total. The van der Waals surface area contributed by atoms with Gasteiger partial charge in [-0.1, -0.05) is 13.8 Å². The van der Waals surface area contributed by atoms with Crippen molar-refractivity contribution in [3.63, 3.8) is 0 Å². The van der Waals surface area contributed by atoms with Crippen LogP contribution in [0.25, 0.3) is 0 Å². The summed E-state index contributed by atoms with van der Waals surface area (Å²) in [5, 5.41) is 8.83. The number of nitriles is 1. The van der Waals surface area contributed by atoms with E-state index < -0.39 is 0 Å². The molecule has 2 N–H and O–H groups in total. The summed E-state index contributed by atoms with van der Waals surface area (Å²) in [6, 6.07) is 5.23. The summed E-state index contributed by atoms with van der Waals surface area (Å²) in [4.78, 5) is 12.0. The average Bonchev–Trinajstić information content (AvgIpc) is 2.27. The van der Waals surface area contributed by atoms with Gasteiger partial charge in [0.15, 0.2) is 0 Å². The van der Waals surface area contributed by atoms with Crippen LogP contribution in [0.2, 0.25) is 0 Å². The number of nitrogens with zero attached hydrogens (tertiary/aromatic N) is 2. The van der Waals surface area contributed by atoms with Gasteiger partial charge < -0.3 is 10.3 Å². The molecule has 1 aromatic heterocycles. The van der Waals surface area contributed by atoms with Gasteiger partial charge in [0.25, 0.3) is 5.56 Å². The van der Waals surface area contributed by atoms with E-state index >= 15 is 0 Å². The first-order valence-corrected chi connectivity index (χ1v) is 5.38. The van der Waals surface area contributed by atoms with E-state index in [0.29, 0.717) is 6.54 Å². The van der Waals surface area contributed by atoms with Gasteiger partial charge in [0.2, 0.25) is 0 Å². The molecule has 0 spiro atoms. The second-order valence-corrected chi connectivity index (χ2v) is 4.20. The minimum atomic E-state index is -0.244. The van der Waals surface area contributed by atoms with E-state index in [4.69, 9.17) is 11.0 Å². The molecule has 1 unspecified atom stereocenters. The molecule has 0 amide bonds. The number of aromatic nitrogens is 1. The lowest BCUT2D eigenvalue weighted by Crippen LogP contribution is -2.32. The van der Waals surface area contributed by atoms with Gasteiger partial charge >= 0.3 is 0 Å². The van der Waals surface area contributed by atoms with Crippen LogP contribution in [0.4, 0.5) is 0 Å². The highest BCUT2D eigenvalue weighted by molar-refractivity contribution is 5.29. The molecule has 86 valence electrons.